The number of rotatable bonds is 4. The van der Waals surface area contributed by atoms with E-state index in [2.05, 4.69) is 4.98 Å². The fourth-order valence-electron chi connectivity index (χ4n) is 1.77. The van der Waals surface area contributed by atoms with Crippen molar-refractivity contribution in [2.45, 2.75) is 12.0 Å². The Morgan fingerprint density at radius 1 is 1.41 bits per heavy atom. The Morgan fingerprint density at radius 2 is 2.18 bits per heavy atom. The lowest BCUT2D eigenvalue weighted by Gasteiger charge is -2.21. The summed E-state index contributed by atoms with van der Waals surface area (Å²) in [6, 6.07) is 6.38. The smallest absolute Gasteiger partial charge is 0.126 e. The second-order valence-electron chi connectivity index (χ2n) is 3.71. The average Bonchev–Trinajstić information content (AvgIpc) is 2.86. The minimum atomic E-state index is -0.815. The average molecular weight is 252 g/mol. The van der Waals surface area contributed by atoms with Crippen molar-refractivity contribution in [1.82, 2.24) is 4.98 Å². The van der Waals surface area contributed by atoms with E-state index in [1.807, 2.05) is 0 Å². The molecule has 0 fully saturated rings. The number of thiazole rings is 1. The van der Waals surface area contributed by atoms with Gasteiger partial charge in [-0.3, -0.25) is 4.98 Å². The normalized spacial score (nSPS) is 14.5. The monoisotopic (exact) mass is 252 g/mol. The summed E-state index contributed by atoms with van der Waals surface area (Å²) in [5, 5.41) is 10.2. The van der Waals surface area contributed by atoms with Gasteiger partial charge in [-0.1, -0.05) is 18.2 Å². The molecule has 1 aromatic heterocycles. The molecule has 17 heavy (non-hydrogen) atoms. The molecule has 0 aliphatic carbocycles. The SMILES string of the molecule is NCC(c1ccccc1F)C(O)c1cncs1. The van der Waals surface area contributed by atoms with E-state index >= 15 is 0 Å². The Balaban J connectivity index is 2.31. The number of hydrogen-bond acceptors (Lipinski definition) is 4. The molecule has 1 heterocycles. The van der Waals surface area contributed by atoms with E-state index in [1.54, 1.807) is 29.9 Å². The standard InChI is InChI=1S/C12H13FN2OS/c13-10-4-2-1-3-8(10)9(5-14)12(16)11-6-15-7-17-11/h1-4,6-7,9,12,16H,5,14H2. The minimum absolute atomic E-state index is 0.181. The number of halogens is 1. The predicted octanol–water partition coefficient (Wildman–Crippen LogP) is 2.06. The Labute approximate surface area is 103 Å². The van der Waals surface area contributed by atoms with Crippen LogP contribution in [0.1, 0.15) is 22.5 Å². The Hall–Kier alpha value is -1.30. The molecular formula is C12H13FN2OS. The van der Waals surface area contributed by atoms with Gasteiger partial charge < -0.3 is 10.8 Å². The number of nitrogens with two attached hydrogens (primary N) is 1. The first-order valence-electron chi connectivity index (χ1n) is 5.25. The summed E-state index contributed by atoms with van der Waals surface area (Å²) in [7, 11) is 0. The maximum absolute atomic E-state index is 13.6. The maximum Gasteiger partial charge on any atom is 0.126 e. The zero-order chi connectivity index (χ0) is 12.3. The molecule has 0 spiro atoms. The lowest BCUT2D eigenvalue weighted by molar-refractivity contribution is 0.149. The molecule has 1 aromatic carbocycles. The van der Waals surface area contributed by atoms with Gasteiger partial charge in [0.25, 0.3) is 0 Å². The molecule has 3 nitrogen and oxygen atoms in total. The molecule has 2 atom stereocenters. The Morgan fingerprint density at radius 3 is 2.76 bits per heavy atom. The third-order valence-electron chi connectivity index (χ3n) is 2.68. The first kappa shape index (κ1) is 12.2. The molecule has 0 saturated heterocycles. The first-order valence-corrected chi connectivity index (χ1v) is 6.13. The highest BCUT2D eigenvalue weighted by molar-refractivity contribution is 7.09. The van der Waals surface area contributed by atoms with Crippen molar-refractivity contribution in [2.24, 2.45) is 5.73 Å². The molecule has 0 bridgehead atoms. The predicted molar refractivity (Wildman–Crippen MR) is 65.3 cm³/mol. The summed E-state index contributed by atoms with van der Waals surface area (Å²) in [5.74, 6) is -0.789. The quantitative estimate of drug-likeness (QED) is 0.875. The van der Waals surface area contributed by atoms with Gasteiger partial charge in [0.1, 0.15) is 5.82 Å². The highest BCUT2D eigenvalue weighted by atomic mass is 32.1. The minimum Gasteiger partial charge on any atom is -0.387 e. The molecule has 0 radical (unpaired) electrons. The number of aromatic nitrogens is 1. The van der Waals surface area contributed by atoms with E-state index in [1.165, 1.54) is 17.4 Å². The van der Waals surface area contributed by atoms with Crippen molar-refractivity contribution in [3.8, 4) is 0 Å². The van der Waals surface area contributed by atoms with Gasteiger partial charge in [-0.15, -0.1) is 11.3 Å². The van der Waals surface area contributed by atoms with Crippen LogP contribution in [0.15, 0.2) is 36.0 Å². The summed E-state index contributed by atoms with van der Waals surface area (Å²) in [4.78, 5) is 4.60. The molecule has 2 rings (SSSR count). The molecule has 5 heteroatoms. The van der Waals surface area contributed by atoms with Crippen LogP contribution in [-0.4, -0.2) is 16.6 Å². The molecule has 2 aromatic rings. The van der Waals surface area contributed by atoms with Gasteiger partial charge in [0.15, 0.2) is 0 Å². The third kappa shape index (κ3) is 2.52. The first-order chi connectivity index (χ1) is 8.24. The number of hydrogen-bond donors (Lipinski definition) is 2. The summed E-state index contributed by atoms with van der Waals surface area (Å²) in [6.45, 7) is 0.181. The Bertz CT molecular complexity index is 475. The third-order valence-corrected chi connectivity index (χ3v) is 3.53. The molecule has 2 unspecified atom stereocenters. The van der Waals surface area contributed by atoms with Gasteiger partial charge in [0.2, 0.25) is 0 Å². The van der Waals surface area contributed by atoms with Gasteiger partial charge in [-0.05, 0) is 11.6 Å². The van der Waals surface area contributed by atoms with Crippen LogP contribution in [0.2, 0.25) is 0 Å². The van der Waals surface area contributed by atoms with Gasteiger partial charge in [-0.2, -0.15) is 0 Å². The summed E-state index contributed by atoms with van der Waals surface area (Å²) < 4.78 is 13.6. The van der Waals surface area contributed by atoms with E-state index in [0.29, 0.717) is 10.4 Å². The molecule has 0 amide bonds. The number of benzene rings is 1. The zero-order valence-corrected chi connectivity index (χ0v) is 9.90. The largest absolute Gasteiger partial charge is 0.387 e. The van der Waals surface area contributed by atoms with E-state index in [-0.39, 0.29) is 12.4 Å². The van der Waals surface area contributed by atoms with E-state index < -0.39 is 12.0 Å². The van der Waals surface area contributed by atoms with Crippen LogP contribution in [0.25, 0.3) is 0 Å². The van der Waals surface area contributed by atoms with Crippen molar-refractivity contribution >= 4 is 11.3 Å². The van der Waals surface area contributed by atoms with Crippen LogP contribution in [0.3, 0.4) is 0 Å². The Kier molecular flexibility index (Phi) is 3.83. The van der Waals surface area contributed by atoms with Gasteiger partial charge >= 0.3 is 0 Å². The fraction of sp³-hybridized carbons (Fsp3) is 0.250. The number of aliphatic hydroxyl groups excluding tert-OH is 1. The topological polar surface area (TPSA) is 59.1 Å². The number of aliphatic hydroxyl groups is 1. The fourth-order valence-corrected chi connectivity index (χ4v) is 2.44. The van der Waals surface area contributed by atoms with Gasteiger partial charge in [0, 0.05) is 18.7 Å². The molecular weight excluding hydrogens is 239 g/mol. The van der Waals surface area contributed by atoms with Crippen LogP contribution in [0, 0.1) is 5.82 Å². The van der Waals surface area contributed by atoms with Crippen LogP contribution in [-0.2, 0) is 0 Å². The molecule has 3 N–H and O–H groups in total. The van der Waals surface area contributed by atoms with Crippen molar-refractivity contribution < 1.29 is 9.50 Å². The van der Waals surface area contributed by atoms with Crippen LogP contribution >= 0.6 is 11.3 Å². The zero-order valence-electron chi connectivity index (χ0n) is 9.08. The van der Waals surface area contributed by atoms with Crippen molar-refractivity contribution in [1.29, 1.82) is 0 Å². The van der Waals surface area contributed by atoms with E-state index in [0.717, 1.165) is 0 Å². The molecule has 0 aliphatic rings. The maximum atomic E-state index is 13.6. The highest BCUT2D eigenvalue weighted by Gasteiger charge is 2.24. The van der Waals surface area contributed by atoms with Gasteiger partial charge in [0.05, 0.1) is 16.5 Å². The van der Waals surface area contributed by atoms with Crippen LogP contribution in [0.4, 0.5) is 4.39 Å². The van der Waals surface area contributed by atoms with Crippen LogP contribution in [0.5, 0.6) is 0 Å². The molecule has 90 valence electrons. The van der Waals surface area contributed by atoms with Gasteiger partial charge in [-0.25, -0.2) is 4.39 Å². The van der Waals surface area contributed by atoms with Crippen molar-refractivity contribution in [2.75, 3.05) is 6.54 Å². The highest BCUT2D eigenvalue weighted by Crippen LogP contribution is 2.32. The lowest BCUT2D eigenvalue weighted by Crippen LogP contribution is -2.20. The van der Waals surface area contributed by atoms with E-state index in [4.69, 9.17) is 5.73 Å². The lowest BCUT2D eigenvalue weighted by atomic mass is 9.92. The molecule has 0 aliphatic heterocycles. The van der Waals surface area contributed by atoms with Crippen molar-refractivity contribution in [3.63, 3.8) is 0 Å². The summed E-state index contributed by atoms with van der Waals surface area (Å²) >= 11 is 1.34. The second kappa shape index (κ2) is 5.35. The van der Waals surface area contributed by atoms with E-state index in [9.17, 15) is 9.50 Å². The summed E-state index contributed by atoms with van der Waals surface area (Å²) in [5.41, 5.74) is 7.71. The number of nitrogens with zero attached hydrogens (tertiary/aromatic N) is 1. The second-order valence-corrected chi connectivity index (χ2v) is 4.63. The van der Waals surface area contributed by atoms with Crippen LogP contribution < -0.4 is 5.73 Å². The molecule has 0 saturated carbocycles. The summed E-state index contributed by atoms with van der Waals surface area (Å²) in [6.07, 6.45) is 0.767. The van der Waals surface area contributed by atoms with Crippen molar-refractivity contribution in [3.05, 3.63) is 52.2 Å².